The van der Waals surface area contributed by atoms with E-state index in [2.05, 4.69) is 19.8 Å². The maximum atomic E-state index is 3.78. The van der Waals surface area contributed by atoms with Gasteiger partial charge in [0.1, 0.15) is 0 Å². The fourth-order valence-electron chi connectivity index (χ4n) is 0. The average Bonchev–Trinajstić information content (AvgIpc) is 1.00. The maximum Gasteiger partial charge on any atom is 0.0464 e. The molecule has 0 nitrogen and oxygen atoms in total. The third-order valence-electron chi connectivity index (χ3n) is 0. The van der Waals surface area contributed by atoms with E-state index in [9.17, 15) is 0 Å². The molecule has 0 spiro atoms. The van der Waals surface area contributed by atoms with Crippen molar-refractivity contribution in [2.45, 2.75) is 0 Å². The van der Waals surface area contributed by atoms with Crippen LogP contribution in [0, 0.1) is 0 Å². The van der Waals surface area contributed by atoms with Crippen LogP contribution < -0.4 is 0 Å². The molecule has 0 aromatic carbocycles. The Bertz CT molecular complexity index is 8.00. The predicted octanol–water partition coefficient (Wildman–Crippen LogP) is 0.0972. The van der Waals surface area contributed by atoms with Crippen molar-refractivity contribution in [1.82, 2.24) is 0 Å². The fourth-order valence-corrected chi connectivity index (χ4v) is 0. The Labute approximate surface area is 56.1 Å². The summed E-state index contributed by atoms with van der Waals surface area (Å²) in [4.78, 5) is 0. The first-order valence-corrected chi connectivity index (χ1v) is 1.64. The molecule has 0 aliphatic rings. The molecule has 0 fully saturated rings. The van der Waals surface area contributed by atoms with Gasteiger partial charge >= 0.3 is 0 Å². The second kappa shape index (κ2) is 22.7. The van der Waals surface area contributed by atoms with Crippen molar-refractivity contribution in [2.75, 3.05) is 0 Å². The van der Waals surface area contributed by atoms with Crippen molar-refractivity contribution in [3.05, 3.63) is 0 Å². The first kappa shape index (κ1) is 17.4. The Morgan fingerprint density at radius 1 is 1.25 bits per heavy atom. The Balaban J connectivity index is -0.00000000500. The summed E-state index contributed by atoms with van der Waals surface area (Å²) in [5.41, 5.74) is 0. The zero-order chi connectivity index (χ0) is 2.00. The molecule has 16 valence electrons. The van der Waals surface area contributed by atoms with Gasteiger partial charge in [-0.2, -0.15) is 0 Å². The fraction of sp³-hybridized carbons (Fsp3) is 0. The van der Waals surface area contributed by atoms with E-state index < -0.39 is 0 Å². The normalized spacial score (nSPS) is 1.00. The van der Waals surface area contributed by atoms with Crippen molar-refractivity contribution < 1.29 is 0 Å². The van der Waals surface area contributed by atoms with E-state index in [1.165, 1.54) is 0 Å². The zero-order valence-corrected chi connectivity index (χ0v) is 6.16. The Kier molecular flexibility index (Phi) is 98.4. The second-order valence-electron chi connectivity index (χ2n) is 0. The Hall–Kier alpha value is 1.66. The van der Waals surface area contributed by atoms with Crippen LogP contribution in [0.3, 0.4) is 0 Å². The summed E-state index contributed by atoms with van der Waals surface area (Å²) in [7, 11) is 3.11. The van der Waals surface area contributed by atoms with E-state index in [0.717, 1.165) is 0 Å². The molecule has 4 heteroatoms. The van der Waals surface area contributed by atoms with E-state index in [4.69, 9.17) is 0 Å². The molecule has 4 heavy (non-hydrogen) atoms. The van der Waals surface area contributed by atoms with Crippen LogP contribution in [-0.4, -0.2) is 36.5 Å². The summed E-state index contributed by atoms with van der Waals surface area (Å²) in [6.45, 7) is 0. The van der Waals surface area contributed by atoms with Gasteiger partial charge in [-0.25, -0.2) is 0 Å². The molecule has 0 aliphatic carbocycles. The number of hydrogen-bond acceptors (Lipinski definition) is 1. The molecule has 0 heterocycles. The molecule has 6 radical (unpaired) electrons. The van der Waals surface area contributed by atoms with Crippen LogP contribution in [0.2, 0.25) is 0 Å². The summed E-state index contributed by atoms with van der Waals surface area (Å²) < 4.78 is 0. The molecule has 0 aliphatic heterocycles. The molecule has 0 amide bonds. The minimum Gasteiger partial charge on any atom is -0.0464 e. The minimum atomic E-state index is 0. The largest absolute Gasteiger partial charge is 0.0464 e. The Morgan fingerprint density at radius 3 is 1.25 bits per heavy atom. The summed E-state index contributed by atoms with van der Waals surface area (Å²) >= 11 is 3.78. The minimum absolute atomic E-state index is 0. The van der Waals surface area contributed by atoms with E-state index in [-0.39, 0.29) is 36.5 Å². The second-order valence-corrected chi connectivity index (χ2v) is 0. The predicted molar refractivity (Wildman–Crippen MR) is 25.8 cm³/mol. The monoisotopic (exact) mass is 144 g/mol. The van der Waals surface area contributed by atoms with Gasteiger partial charge in [0, 0.05) is 44.5 Å². The molecule has 0 atom stereocenters. The van der Waals surface area contributed by atoms with Gasteiger partial charge in [-0.1, -0.05) is 0 Å². The quantitative estimate of drug-likeness (QED) is 0.342. The summed E-state index contributed by atoms with van der Waals surface area (Å²) in [5, 5.41) is 0. The Morgan fingerprint density at radius 2 is 1.25 bits per heavy atom. The third-order valence-corrected chi connectivity index (χ3v) is 0. The van der Waals surface area contributed by atoms with E-state index in [1.54, 1.807) is 0 Å². The van der Waals surface area contributed by atoms with Crippen molar-refractivity contribution >= 4 is 56.3 Å². The molecule has 0 aromatic rings. The molecule has 0 saturated heterocycles. The van der Waals surface area contributed by atoms with E-state index >= 15 is 0 Å². The first-order valence-electron chi connectivity index (χ1n) is 0.183. The van der Waals surface area contributed by atoms with Gasteiger partial charge < -0.3 is 0 Å². The van der Waals surface area contributed by atoms with Gasteiger partial charge in [-0.05, 0) is 11.8 Å². The van der Waals surface area contributed by atoms with Gasteiger partial charge in [0.05, 0.1) is 0 Å². The van der Waals surface area contributed by atoms with Crippen molar-refractivity contribution in [2.24, 2.45) is 0 Å². The van der Waals surface area contributed by atoms with Crippen LogP contribution in [0.15, 0.2) is 0 Å². The molecular weight excluding hydrogens is 143 g/mol. The molecule has 0 unspecified atom stereocenters. The van der Waals surface area contributed by atoms with Crippen LogP contribution >= 0.6 is 8.02 Å². The van der Waals surface area contributed by atoms with Crippen LogP contribution in [0.25, 0.3) is 0 Å². The smallest absolute Gasteiger partial charge is 0.0464 e. The van der Waals surface area contributed by atoms with Crippen LogP contribution in [0.4, 0.5) is 0 Å². The van der Waals surface area contributed by atoms with Gasteiger partial charge in [-0.15, -0.1) is 0 Å². The number of rotatable bonds is 0. The van der Waals surface area contributed by atoms with Crippen LogP contribution in [-0.2, 0) is 11.8 Å². The van der Waals surface area contributed by atoms with Gasteiger partial charge in [0.15, 0.2) is 0 Å². The van der Waals surface area contributed by atoms with Crippen molar-refractivity contribution in [3.63, 3.8) is 0 Å². The molecule has 0 rings (SSSR count). The average molecular weight is 143 g/mol. The first-order chi connectivity index (χ1) is 1.00. The third kappa shape index (κ3) is 9.40. The van der Waals surface area contributed by atoms with E-state index in [1.807, 2.05) is 0 Å². The molecular formula is GeLiPS. The van der Waals surface area contributed by atoms with Gasteiger partial charge in [-0.3, -0.25) is 0 Å². The zero-order valence-electron chi connectivity index (χ0n) is 2.36. The topological polar surface area (TPSA) is 0 Å². The van der Waals surface area contributed by atoms with Crippen molar-refractivity contribution in [1.29, 1.82) is 0 Å². The summed E-state index contributed by atoms with van der Waals surface area (Å²) in [5.74, 6) is 0. The van der Waals surface area contributed by atoms with Crippen LogP contribution in [0.1, 0.15) is 0 Å². The SMILES string of the molecule is [Ge].[Li].[P]=S. The van der Waals surface area contributed by atoms with Gasteiger partial charge in [0.2, 0.25) is 0 Å². The molecule has 0 bridgehead atoms. The summed E-state index contributed by atoms with van der Waals surface area (Å²) in [6.07, 6.45) is 0. The summed E-state index contributed by atoms with van der Waals surface area (Å²) in [6, 6.07) is 0. The van der Waals surface area contributed by atoms with Crippen LogP contribution in [0.5, 0.6) is 0 Å². The molecule has 0 saturated carbocycles. The standard InChI is InChI=1S/Ge.Li.PS/c;;1-2. The maximum absolute atomic E-state index is 3.78. The molecule has 0 aromatic heterocycles. The number of hydrogen-bond donors (Lipinski definition) is 0. The molecule has 0 N–H and O–H groups in total. The van der Waals surface area contributed by atoms with Gasteiger partial charge in [0.25, 0.3) is 0 Å². The van der Waals surface area contributed by atoms with E-state index in [0.29, 0.717) is 0 Å². The van der Waals surface area contributed by atoms with Crippen molar-refractivity contribution in [3.8, 4) is 0 Å².